The van der Waals surface area contributed by atoms with Gasteiger partial charge in [0.05, 0.1) is 17.6 Å². The number of carbonyl (C=O) groups is 1. The Balaban J connectivity index is 0.00000210. The van der Waals surface area contributed by atoms with Crippen molar-refractivity contribution in [3.63, 3.8) is 0 Å². The zero-order chi connectivity index (χ0) is 19.6. The maximum Gasteiger partial charge on any atom is 0.332 e. The number of piperidine rings is 1. The number of halogens is 2. The number of nitrogens with zero attached hydrogens (tertiary/aromatic N) is 3. The standard InChI is InChI=1S/C18H25N5O4.2ClH/c1-22-14-13(16(25)23(2)17(22)26)8-12(9-20-14)15(24)21-10-18(11-27-3)4-6-19-7-5-18;;/h8-9,19H,4-7,10-11H2,1-3H3,(H,21,24);2*1H. The van der Waals surface area contributed by atoms with Crippen LogP contribution in [0, 0.1) is 5.41 Å². The van der Waals surface area contributed by atoms with Gasteiger partial charge in [0.2, 0.25) is 0 Å². The normalized spacial score (nSPS) is 15.3. The summed E-state index contributed by atoms with van der Waals surface area (Å²) in [4.78, 5) is 41.2. The predicted octanol–water partition coefficient (Wildman–Crippen LogP) is 0.222. The lowest BCUT2D eigenvalue weighted by atomic mass is 9.79. The first-order valence-corrected chi connectivity index (χ1v) is 8.92. The highest BCUT2D eigenvalue weighted by Crippen LogP contribution is 2.28. The van der Waals surface area contributed by atoms with Gasteiger partial charge in [0, 0.05) is 39.4 Å². The molecule has 0 aromatic carbocycles. The zero-order valence-electron chi connectivity index (χ0n) is 16.7. The molecule has 0 aliphatic carbocycles. The minimum absolute atomic E-state index is 0. The second-order valence-electron chi connectivity index (χ2n) is 7.17. The molecule has 0 spiro atoms. The Hall–Kier alpha value is -1.94. The maximum absolute atomic E-state index is 12.6. The number of nitrogens with one attached hydrogen (secondary N) is 2. The number of methoxy groups -OCH3 is 1. The van der Waals surface area contributed by atoms with E-state index in [1.807, 2.05) is 0 Å². The van der Waals surface area contributed by atoms with Gasteiger partial charge in [-0.2, -0.15) is 0 Å². The minimum atomic E-state index is -0.468. The summed E-state index contributed by atoms with van der Waals surface area (Å²) in [6.07, 6.45) is 3.22. The third kappa shape index (κ3) is 4.98. The fraction of sp³-hybridized carbons (Fsp3) is 0.556. The van der Waals surface area contributed by atoms with E-state index < -0.39 is 11.2 Å². The highest BCUT2D eigenvalue weighted by Gasteiger charge is 2.32. The number of hydrogen-bond acceptors (Lipinski definition) is 6. The summed E-state index contributed by atoms with van der Waals surface area (Å²) < 4.78 is 7.67. The first-order valence-electron chi connectivity index (χ1n) is 8.92. The average Bonchev–Trinajstić information content (AvgIpc) is 2.69. The number of carbonyl (C=O) groups excluding carboxylic acids is 1. The van der Waals surface area contributed by atoms with Gasteiger partial charge < -0.3 is 15.4 Å². The molecule has 1 fully saturated rings. The van der Waals surface area contributed by atoms with Gasteiger partial charge in [-0.3, -0.25) is 18.7 Å². The van der Waals surface area contributed by atoms with Crippen molar-refractivity contribution in [1.29, 1.82) is 0 Å². The van der Waals surface area contributed by atoms with E-state index in [-0.39, 0.29) is 47.2 Å². The lowest BCUT2D eigenvalue weighted by Crippen LogP contribution is -2.47. The van der Waals surface area contributed by atoms with Gasteiger partial charge in [-0.25, -0.2) is 9.78 Å². The van der Waals surface area contributed by atoms with Gasteiger partial charge in [0.15, 0.2) is 0 Å². The van der Waals surface area contributed by atoms with Gasteiger partial charge in [-0.15, -0.1) is 24.8 Å². The Morgan fingerprint density at radius 2 is 1.90 bits per heavy atom. The van der Waals surface area contributed by atoms with E-state index in [4.69, 9.17) is 4.74 Å². The number of rotatable bonds is 5. The van der Waals surface area contributed by atoms with Crippen molar-refractivity contribution in [1.82, 2.24) is 24.8 Å². The van der Waals surface area contributed by atoms with E-state index in [9.17, 15) is 14.4 Å². The predicted molar refractivity (Wildman–Crippen MR) is 115 cm³/mol. The number of pyridine rings is 1. The third-order valence-electron chi connectivity index (χ3n) is 5.29. The summed E-state index contributed by atoms with van der Waals surface area (Å²) >= 11 is 0. The summed E-state index contributed by atoms with van der Waals surface area (Å²) in [7, 11) is 4.61. The SMILES string of the molecule is COCC1(CNC(=O)c2cnc3c(c2)c(=O)n(C)c(=O)n3C)CCNCC1.Cl.Cl. The van der Waals surface area contributed by atoms with Crippen LogP contribution in [-0.2, 0) is 18.8 Å². The first kappa shape index (κ1) is 25.1. The monoisotopic (exact) mass is 447 g/mol. The van der Waals surface area contributed by atoms with Crippen molar-refractivity contribution in [2.45, 2.75) is 12.8 Å². The molecule has 3 rings (SSSR count). The van der Waals surface area contributed by atoms with Crippen LogP contribution < -0.4 is 21.9 Å². The number of amides is 1. The van der Waals surface area contributed by atoms with Gasteiger partial charge >= 0.3 is 5.69 Å². The van der Waals surface area contributed by atoms with Crippen LogP contribution in [0.3, 0.4) is 0 Å². The highest BCUT2D eigenvalue weighted by atomic mass is 35.5. The van der Waals surface area contributed by atoms with Crippen LogP contribution in [-0.4, -0.2) is 53.4 Å². The largest absolute Gasteiger partial charge is 0.384 e. The molecule has 11 heteroatoms. The summed E-state index contributed by atoms with van der Waals surface area (Å²) in [6.45, 7) is 2.85. The molecule has 9 nitrogen and oxygen atoms in total. The molecule has 0 atom stereocenters. The molecule has 1 amide bonds. The number of aryl methyl sites for hydroxylation is 1. The Labute approximate surface area is 180 Å². The molecule has 2 aromatic heterocycles. The molecule has 1 aliphatic rings. The Bertz CT molecular complexity index is 977. The summed E-state index contributed by atoms with van der Waals surface area (Å²) in [5, 5.41) is 6.51. The molecule has 1 aliphatic heterocycles. The van der Waals surface area contributed by atoms with E-state index in [0.29, 0.717) is 18.7 Å². The molecule has 2 N–H and O–H groups in total. The van der Waals surface area contributed by atoms with Crippen molar-refractivity contribution in [3.05, 3.63) is 38.7 Å². The number of ether oxygens (including phenoxy) is 1. The molecule has 0 bridgehead atoms. The van der Waals surface area contributed by atoms with Crippen molar-refractivity contribution < 1.29 is 9.53 Å². The molecule has 3 heterocycles. The molecule has 0 radical (unpaired) electrons. The smallest absolute Gasteiger partial charge is 0.332 e. The fourth-order valence-corrected chi connectivity index (χ4v) is 3.59. The van der Waals surface area contributed by atoms with Crippen molar-refractivity contribution in [2.75, 3.05) is 33.4 Å². The van der Waals surface area contributed by atoms with E-state index in [2.05, 4.69) is 15.6 Å². The second kappa shape index (κ2) is 10.2. The van der Waals surface area contributed by atoms with Crippen LogP contribution in [0.15, 0.2) is 21.9 Å². The lowest BCUT2D eigenvalue weighted by molar-refractivity contribution is 0.0511. The molecule has 0 unspecified atom stereocenters. The van der Waals surface area contributed by atoms with Crippen molar-refractivity contribution in [2.24, 2.45) is 19.5 Å². The Kier molecular flexibility index (Phi) is 8.83. The molecular weight excluding hydrogens is 421 g/mol. The topological polar surface area (TPSA) is 107 Å². The number of hydrogen-bond donors (Lipinski definition) is 2. The molecule has 2 aromatic rings. The van der Waals surface area contributed by atoms with Crippen LogP contribution in [0.1, 0.15) is 23.2 Å². The van der Waals surface area contributed by atoms with Gasteiger partial charge in [0.1, 0.15) is 5.65 Å². The van der Waals surface area contributed by atoms with Crippen LogP contribution in [0.25, 0.3) is 11.0 Å². The van der Waals surface area contributed by atoms with E-state index in [1.165, 1.54) is 23.9 Å². The Morgan fingerprint density at radius 3 is 2.52 bits per heavy atom. The van der Waals surface area contributed by atoms with Gasteiger partial charge in [0.25, 0.3) is 11.5 Å². The second-order valence-corrected chi connectivity index (χ2v) is 7.17. The molecule has 1 saturated heterocycles. The van der Waals surface area contributed by atoms with E-state index in [0.717, 1.165) is 30.5 Å². The van der Waals surface area contributed by atoms with Crippen LogP contribution in [0.2, 0.25) is 0 Å². The number of aromatic nitrogens is 3. The summed E-state index contributed by atoms with van der Waals surface area (Å²) in [6, 6.07) is 1.49. The summed E-state index contributed by atoms with van der Waals surface area (Å²) in [5.74, 6) is -0.297. The molecule has 0 saturated carbocycles. The lowest BCUT2D eigenvalue weighted by Gasteiger charge is -2.37. The van der Waals surface area contributed by atoms with Crippen LogP contribution in [0.4, 0.5) is 0 Å². The quantitative estimate of drug-likeness (QED) is 0.678. The van der Waals surface area contributed by atoms with Gasteiger partial charge in [-0.05, 0) is 32.0 Å². The van der Waals surface area contributed by atoms with Crippen LogP contribution >= 0.6 is 24.8 Å². The van der Waals surface area contributed by atoms with Crippen molar-refractivity contribution >= 4 is 41.8 Å². The van der Waals surface area contributed by atoms with Gasteiger partial charge in [-0.1, -0.05) is 0 Å². The maximum atomic E-state index is 12.6. The van der Waals surface area contributed by atoms with E-state index >= 15 is 0 Å². The van der Waals surface area contributed by atoms with Crippen LogP contribution in [0.5, 0.6) is 0 Å². The zero-order valence-corrected chi connectivity index (χ0v) is 18.3. The minimum Gasteiger partial charge on any atom is -0.384 e. The highest BCUT2D eigenvalue weighted by molar-refractivity contribution is 5.96. The summed E-state index contributed by atoms with van der Waals surface area (Å²) in [5.41, 5.74) is -0.470. The third-order valence-corrected chi connectivity index (χ3v) is 5.29. The fourth-order valence-electron chi connectivity index (χ4n) is 3.59. The average molecular weight is 448 g/mol. The Morgan fingerprint density at radius 1 is 1.24 bits per heavy atom. The van der Waals surface area contributed by atoms with Crippen molar-refractivity contribution in [3.8, 4) is 0 Å². The molecule has 29 heavy (non-hydrogen) atoms. The molecular formula is C18H27Cl2N5O4. The van der Waals surface area contributed by atoms with E-state index in [1.54, 1.807) is 14.2 Å². The first-order chi connectivity index (χ1) is 12.9. The number of fused-ring (bicyclic) bond motifs is 1. The molecule has 162 valence electrons.